The first kappa shape index (κ1) is 12.0. The standard InChI is InChI=1S/C8H6N2O5S/c1-6-4-7(10(12)13)2-3-8(6)16(14,15)9-5-11/h2-4H,1H3. The Bertz CT molecular complexity index is 586. The van der Waals surface area contributed by atoms with E-state index in [-0.39, 0.29) is 16.1 Å². The molecule has 0 bridgehead atoms. The molecule has 1 rings (SSSR count). The van der Waals surface area contributed by atoms with Gasteiger partial charge in [-0.15, -0.1) is 0 Å². The van der Waals surface area contributed by atoms with E-state index < -0.39 is 14.9 Å². The lowest BCUT2D eigenvalue weighted by atomic mass is 10.2. The minimum Gasteiger partial charge on any atom is -0.258 e. The monoisotopic (exact) mass is 242 g/mol. The number of carbonyl (C=O) groups excluding carboxylic acids is 1. The van der Waals surface area contributed by atoms with Crippen molar-refractivity contribution in [3.63, 3.8) is 0 Å². The van der Waals surface area contributed by atoms with Crippen molar-refractivity contribution < 1.29 is 18.1 Å². The molecule has 8 heteroatoms. The van der Waals surface area contributed by atoms with E-state index in [9.17, 15) is 23.3 Å². The van der Waals surface area contributed by atoms with E-state index in [4.69, 9.17) is 0 Å². The van der Waals surface area contributed by atoms with Crippen LogP contribution in [0.15, 0.2) is 27.5 Å². The first-order valence-electron chi connectivity index (χ1n) is 3.97. The van der Waals surface area contributed by atoms with Gasteiger partial charge in [0.1, 0.15) is 0 Å². The predicted molar refractivity (Wildman–Crippen MR) is 53.1 cm³/mol. The van der Waals surface area contributed by atoms with Crippen LogP contribution >= 0.6 is 0 Å². The molecule has 1 aromatic rings. The molecule has 0 aromatic heterocycles. The zero-order chi connectivity index (χ0) is 12.3. The number of aryl methyl sites for hydroxylation is 1. The van der Waals surface area contributed by atoms with Crippen molar-refractivity contribution in [2.24, 2.45) is 4.40 Å². The molecule has 0 N–H and O–H groups in total. The number of sulfonamides is 1. The van der Waals surface area contributed by atoms with Crippen LogP contribution in [0.3, 0.4) is 0 Å². The Kier molecular flexibility index (Phi) is 3.17. The van der Waals surface area contributed by atoms with E-state index in [2.05, 4.69) is 4.40 Å². The summed E-state index contributed by atoms with van der Waals surface area (Å²) in [5.41, 5.74) is -0.0836. The first-order chi connectivity index (χ1) is 7.38. The Morgan fingerprint density at radius 3 is 2.50 bits per heavy atom. The van der Waals surface area contributed by atoms with E-state index in [0.717, 1.165) is 24.3 Å². The lowest BCUT2D eigenvalue weighted by Gasteiger charge is -2.01. The maximum atomic E-state index is 11.3. The maximum Gasteiger partial charge on any atom is 0.292 e. The molecule has 7 nitrogen and oxygen atoms in total. The van der Waals surface area contributed by atoms with E-state index in [0.29, 0.717) is 0 Å². The van der Waals surface area contributed by atoms with Gasteiger partial charge in [0.15, 0.2) is 0 Å². The van der Waals surface area contributed by atoms with E-state index in [1.165, 1.54) is 6.92 Å². The smallest absolute Gasteiger partial charge is 0.258 e. The van der Waals surface area contributed by atoms with Crippen molar-refractivity contribution in [2.75, 3.05) is 0 Å². The summed E-state index contributed by atoms with van der Waals surface area (Å²) in [6.45, 7) is 1.38. The van der Waals surface area contributed by atoms with Gasteiger partial charge in [-0.25, -0.2) is 4.79 Å². The third-order valence-corrected chi connectivity index (χ3v) is 3.13. The number of nitro groups is 1. The summed E-state index contributed by atoms with van der Waals surface area (Å²) in [6.07, 6.45) is 0.924. The van der Waals surface area contributed by atoms with E-state index in [1.54, 1.807) is 0 Å². The SMILES string of the molecule is Cc1cc([N+](=O)[O-])ccc1S(=O)(=O)N=C=O. The normalized spacial score (nSPS) is 10.6. The second-order valence-electron chi connectivity index (χ2n) is 2.86. The Hall–Kier alpha value is -2.05. The average Bonchev–Trinajstić information content (AvgIpc) is 2.16. The van der Waals surface area contributed by atoms with Crippen LogP contribution in [0.5, 0.6) is 0 Å². The van der Waals surface area contributed by atoms with Gasteiger partial charge in [0, 0.05) is 12.1 Å². The van der Waals surface area contributed by atoms with Crippen LogP contribution < -0.4 is 0 Å². The van der Waals surface area contributed by atoms with Crippen molar-refractivity contribution in [3.8, 4) is 0 Å². The largest absolute Gasteiger partial charge is 0.292 e. The number of rotatable bonds is 3. The van der Waals surface area contributed by atoms with Gasteiger partial charge < -0.3 is 0 Å². The number of hydrogen-bond acceptors (Lipinski definition) is 5. The molecule has 1 aromatic carbocycles. The van der Waals surface area contributed by atoms with Crippen LogP contribution in [0.2, 0.25) is 0 Å². The Labute approximate surface area is 90.6 Å². The number of non-ortho nitro benzene ring substituents is 1. The van der Waals surface area contributed by atoms with Crippen LogP contribution in [0.1, 0.15) is 5.56 Å². The number of isocyanates is 1. The average molecular weight is 242 g/mol. The molecule has 0 atom stereocenters. The molecule has 0 spiro atoms. The summed E-state index contributed by atoms with van der Waals surface area (Å²) in [5, 5.41) is 10.4. The van der Waals surface area contributed by atoms with Crippen LogP contribution in [-0.4, -0.2) is 19.4 Å². The Morgan fingerprint density at radius 1 is 1.44 bits per heavy atom. The Balaban J connectivity index is 3.40. The van der Waals surface area contributed by atoms with Crippen molar-refractivity contribution in [1.82, 2.24) is 0 Å². The molecule has 0 heterocycles. The lowest BCUT2D eigenvalue weighted by Crippen LogP contribution is -2.00. The summed E-state index contributed by atoms with van der Waals surface area (Å²) < 4.78 is 25.3. The van der Waals surface area contributed by atoms with E-state index >= 15 is 0 Å². The van der Waals surface area contributed by atoms with Gasteiger partial charge >= 0.3 is 0 Å². The molecular weight excluding hydrogens is 236 g/mol. The summed E-state index contributed by atoms with van der Waals surface area (Å²) in [6, 6.07) is 3.15. The molecule has 0 radical (unpaired) electrons. The highest BCUT2D eigenvalue weighted by Gasteiger charge is 2.18. The molecule has 84 valence electrons. The fraction of sp³-hybridized carbons (Fsp3) is 0.125. The number of nitrogens with zero attached hydrogens (tertiary/aromatic N) is 2. The molecule has 16 heavy (non-hydrogen) atoms. The van der Waals surface area contributed by atoms with Gasteiger partial charge in [-0.05, 0) is 18.6 Å². The molecule has 0 amide bonds. The van der Waals surface area contributed by atoms with Gasteiger partial charge in [-0.3, -0.25) is 10.1 Å². The fourth-order valence-corrected chi connectivity index (χ4v) is 2.04. The molecule has 0 fully saturated rings. The highest BCUT2D eigenvalue weighted by atomic mass is 32.2. The predicted octanol–water partition coefficient (Wildman–Crippen LogP) is 0.928. The molecule has 0 unspecified atom stereocenters. The second kappa shape index (κ2) is 4.21. The molecular formula is C8H6N2O5S. The fourth-order valence-electron chi connectivity index (χ4n) is 1.13. The van der Waals surface area contributed by atoms with Gasteiger partial charge in [0.05, 0.1) is 9.82 Å². The van der Waals surface area contributed by atoms with Crippen LogP contribution in [0.4, 0.5) is 5.69 Å². The summed E-state index contributed by atoms with van der Waals surface area (Å²) >= 11 is 0. The van der Waals surface area contributed by atoms with Gasteiger partial charge in [0.2, 0.25) is 0 Å². The quantitative estimate of drug-likeness (QED) is 0.339. The third kappa shape index (κ3) is 2.30. The highest BCUT2D eigenvalue weighted by molar-refractivity contribution is 7.90. The lowest BCUT2D eigenvalue weighted by molar-refractivity contribution is -0.385. The second-order valence-corrected chi connectivity index (χ2v) is 4.44. The highest BCUT2D eigenvalue weighted by Crippen LogP contribution is 2.22. The van der Waals surface area contributed by atoms with Crippen molar-refractivity contribution in [3.05, 3.63) is 33.9 Å². The van der Waals surface area contributed by atoms with Gasteiger partial charge in [-0.2, -0.15) is 8.42 Å². The van der Waals surface area contributed by atoms with Crippen LogP contribution in [0.25, 0.3) is 0 Å². The van der Waals surface area contributed by atoms with E-state index in [1.807, 2.05) is 0 Å². The van der Waals surface area contributed by atoms with Crippen molar-refractivity contribution >= 4 is 21.8 Å². The summed E-state index contributed by atoms with van der Waals surface area (Å²) in [5.74, 6) is 0. The minimum absolute atomic E-state index is 0.146. The maximum absolute atomic E-state index is 11.3. The van der Waals surface area contributed by atoms with Gasteiger partial charge in [0.25, 0.3) is 21.8 Å². The topological polar surface area (TPSA) is 107 Å². The molecule has 0 saturated heterocycles. The Morgan fingerprint density at radius 2 is 2.06 bits per heavy atom. The summed E-state index contributed by atoms with van der Waals surface area (Å²) in [7, 11) is -4.10. The van der Waals surface area contributed by atoms with Crippen molar-refractivity contribution in [2.45, 2.75) is 11.8 Å². The number of benzene rings is 1. The molecule has 0 saturated carbocycles. The molecule has 0 aliphatic carbocycles. The number of nitro benzene ring substituents is 1. The van der Waals surface area contributed by atoms with Crippen LogP contribution in [0, 0.1) is 17.0 Å². The van der Waals surface area contributed by atoms with Crippen molar-refractivity contribution in [1.29, 1.82) is 0 Å². The van der Waals surface area contributed by atoms with Crippen LogP contribution in [-0.2, 0) is 14.8 Å². The van der Waals surface area contributed by atoms with Gasteiger partial charge in [-0.1, -0.05) is 4.40 Å². The molecule has 0 aliphatic heterocycles. The zero-order valence-electron chi connectivity index (χ0n) is 8.08. The number of hydrogen-bond donors (Lipinski definition) is 0. The molecule has 0 aliphatic rings. The first-order valence-corrected chi connectivity index (χ1v) is 5.41. The summed E-state index contributed by atoms with van der Waals surface area (Å²) in [4.78, 5) is 19.4. The zero-order valence-corrected chi connectivity index (χ0v) is 8.89. The minimum atomic E-state index is -4.10. The third-order valence-electron chi connectivity index (χ3n) is 1.80.